The maximum atomic E-state index is 13.0. The van der Waals surface area contributed by atoms with E-state index in [-0.39, 0.29) is 17.3 Å². The number of aromatic nitrogens is 3. The first-order valence-electron chi connectivity index (χ1n) is 8.78. The van der Waals surface area contributed by atoms with Crippen molar-refractivity contribution in [2.75, 3.05) is 0 Å². The molecule has 9 heteroatoms. The lowest BCUT2D eigenvalue weighted by Gasteiger charge is -2.12. The predicted molar refractivity (Wildman–Crippen MR) is 113 cm³/mol. The second kappa shape index (κ2) is 8.14. The number of rotatable bonds is 4. The molecule has 1 aromatic carbocycles. The van der Waals surface area contributed by atoms with Gasteiger partial charge in [-0.3, -0.25) is 14.6 Å². The lowest BCUT2D eigenvalue weighted by Crippen LogP contribution is -2.21. The molecule has 3 aromatic heterocycles. The molecule has 0 aliphatic heterocycles. The van der Waals surface area contributed by atoms with Crippen molar-refractivity contribution >= 4 is 34.5 Å². The maximum Gasteiger partial charge on any atom is 0.271 e. The molecule has 0 spiro atoms. The molecular weight excluding hydrogens is 406 g/mol. The molecule has 0 saturated carbocycles. The zero-order valence-corrected chi connectivity index (χ0v) is 16.1. The summed E-state index contributed by atoms with van der Waals surface area (Å²) in [4.78, 5) is 33.1. The molecule has 2 N–H and O–H groups in total. The molecule has 0 aliphatic carbocycles. The Bertz CT molecular complexity index is 1320. The third kappa shape index (κ3) is 3.63. The van der Waals surface area contributed by atoms with Crippen molar-refractivity contribution in [3.63, 3.8) is 0 Å². The van der Waals surface area contributed by atoms with Gasteiger partial charge in [-0.2, -0.15) is 5.10 Å². The monoisotopic (exact) mass is 419 g/mol. The Morgan fingerprint density at radius 1 is 1.10 bits per heavy atom. The van der Waals surface area contributed by atoms with Crippen LogP contribution in [0.25, 0.3) is 16.6 Å². The van der Waals surface area contributed by atoms with Gasteiger partial charge in [-0.15, -0.1) is 0 Å². The standard InChI is InChI=1S/C21H14ClN5O3/c22-14-5-6-18(24-11-14)27-20(29)16-4-2-1-3-15(16)17(21(27)30)12-25-26-19(28)13-7-9-23-10-8-13/h1-12,30H,(H,26,28)/b25-12-. The molecule has 4 aromatic rings. The SMILES string of the molecule is O=C(N/N=C\c1c(O)n(-c2ccc(Cl)cn2)c(=O)c2ccccc12)c1ccncc1. The van der Waals surface area contributed by atoms with E-state index in [1.54, 1.807) is 42.5 Å². The number of pyridine rings is 3. The lowest BCUT2D eigenvalue weighted by atomic mass is 10.1. The van der Waals surface area contributed by atoms with Gasteiger partial charge in [-0.05, 0) is 30.3 Å². The molecule has 0 aliphatic rings. The minimum atomic E-state index is -0.448. The summed E-state index contributed by atoms with van der Waals surface area (Å²) in [5, 5.41) is 16.0. The topological polar surface area (TPSA) is 109 Å². The minimum absolute atomic E-state index is 0.197. The molecule has 0 unspecified atom stereocenters. The number of aromatic hydroxyl groups is 1. The fourth-order valence-electron chi connectivity index (χ4n) is 2.93. The average molecular weight is 420 g/mol. The number of amides is 1. The summed E-state index contributed by atoms with van der Waals surface area (Å²) in [6.07, 6.45) is 5.64. The van der Waals surface area contributed by atoms with Crippen LogP contribution in [0.2, 0.25) is 5.02 Å². The highest BCUT2D eigenvalue weighted by Crippen LogP contribution is 2.25. The number of carbonyl (C=O) groups is 1. The first kappa shape index (κ1) is 19.3. The van der Waals surface area contributed by atoms with Crippen molar-refractivity contribution in [2.24, 2.45) is 5.10 Å². The Labute approximate surface area is 175 Å². The number of fused-ring (bicyclic) bond motifs is 1. The number of benzene rings is 1. The zero-order chi connectivity index (χ0) is 21.1. The van der Waals surface area contributed by atoms with Gasteiger partial charge in [-0.25, -0.2) is 15.0 Å². The van der Waals surface area contributed by atoms with E-state index in [0.717, 1.165) is 4.57 Å². The highest BCUT2D eigenvalue weighted by atomic mass is 35.5. The van der Waals surface area contributed by atoms with Gasteiger partial charge in [-0.1, -0.05) is 29.8 Å². The van der Waals surface area contributed by atoms with E-state index in [1.165, 1.54) is 30.9 Å². The van der Waals surface area contributed by atoms with Gasteiger partial charge in [0, 0.05) is 34.9 Å². The summed E-state index contributed by atoms with van der Waals surface area (Å²) >= 11 is 5.88. The lowest BCUT2D eigenvalue weighted by molar-refractivity contribution is 0.0955. The second-order valence-corrected chi connectivity index (χ2v) is 6.63. The number of hydrazone groups is 1. The highest BCUT2D eigenvalue weighted by Gasteiger charge is 2.17. The van der Waals surface area contributed by atoms with E-state index in [0.29, 0.717) is 21.4 Å². The van der Waals surface area contributed by atoms with Gasteiger partial charge in [0.15, 0.2) is 0 Å². The van der Waals surface area contributed by atoms with Crippen molar-refractivity contribution in [2.45, 2.75) is 0 Å². The Morgan fingerprint density at radius 3 is 2.53 bits per heavy atom. The molecule has 0 saturated heterocycles. The number of halogens is 1. The van der Waals surface area contributed by atoms with Crippen LogP contribution >= 0.6 is 11.6 Å². The average Bonchev–Trinajstić information content (AvgIpc) is 2.78. The predicted octanol–water partition coefficient (Wildman–Crippen LogP) is 2.90. The Kier molecular flexibility index (Phi) is 5.23. The van der Waals surface area contributed by atoms with Crippen molar-refractivity contribution in [3.8, 4) is 11.7 Å². The third-order valence-corrected chi connectivity index (χ3v) is 4.57. The van der Waals surface area contributed by atoms with Crippen molar-refractivity contribution < 1.29 is 9.90 Å². The molecule has 8 nitrogen and oxygen atoms in total. The summed E-state index contributed by atoms with van der Waals surface area (Å²) < 4.78 is 1.06. The van der Waals surface area contributed by atoms with Gasteiger partial charge in [0.1, 0.15) is 5.82 Å². The molecule has 0 bridgehead atoms. The Hall–Kier alpha value is -4.04. The van der Waals surface area contributed by atoms with Gasteiger partial charge in [0.25, 0.3) is 11.5 Å². The van der Waals surface area contributed by atoms with Crippen LogP contribution in [0.1, 0.15) is 15.9 Å². The first-order valence-corrected chi connectivity index (χ1v) is 9.16. The van der Waals surface area contributed by atoms with Crippen molar-refractivity contribution in [1.82, 2.24) is 20.0 Å². The molecule has 30 heavy (non-hydrogen) atoms. The van der Waals surface area contributed by atoms with E-state index < -0.39 is 11.5 Å². The summed E-state index contributed by atoms with van der Waals surface area (Å²) in [6, 6.07) is 12.9. The van der Waals surface area contributed by atoms with Gasteiger partial charge < -0.3 is 5.11 Å². The molecule has 0 atom stereocenters. The summed E-state index contributed by atoms with van der Waals surface area (Å²) in [5.74, 6) is -0.608. The smallest absolute Gasteiger partial charge is 0.271 e. The van der Waals surface area contributed by atoms with Gasteiger partial charge in [0.05, 0.1) is 16.8 Å². The molecular formula is C21H14ClN5O3. The molecule has 3 heterocycles. The second-order valence-electron chi connectivity index (χ2n) is 6.19. The Balaban J connectivity index is 1.80. The minimum Gasteiger partial charge on any atom is -0.494 e. The van der Waals surface area contributed by atoms with E-state index in [4.69, 9.17) is 11.6 Å². The van der Waals surface area contributed by atoms with E-state index in [2.05, 4.69) is 20.5 Å². The number of carbonyl (C=O) groups excluding carboxylic acids is 1. The van der Waals surface area contributed by atoms with Crippen LogP contribution in [-0.4, -0.2) is 31.8 Å². The van der Waals surface area contributed by atoms with Crippen LogP contribution < -0.4 is 11.0 Å². The maximum absolute atomic E-state index is 13.0. The zero-order valence-electron chi connectivity index (χ0n) is 15.4. The fourth-order valence-corrected chi connectivity index (χ4v) is 3.04. The Morgan fingerprint density at radius 2 is 1.83 bits per heavy atom. The molecule has 4 rings (SSSR count). The number of nitrogens with zero attached hydrogens (tertiary/aromatic N) is 4. The van der Waals surface area contributed by atoms with Crippen LogP contribution in [0.4, 0.5) is 0 Å². The number of hydrogen-bond acceptors (Lipinski definition) is 6. The van der Waals surface area contributed by atoms with E-state index in [9.17, 15) is 14.7 Å². The van der Waals surface area contributed by atoms with Gasteiger partial charge in [0.2, 0.25) is 5.88 Å². The molecule has 0 fully saturated rings. The first-order chi connectivity index (χ1) is 14.6. The van der Waals surface area contributed by atoms with E-state index in [1.807, 2.05) is 0 Å². The molecule has 0 radical (unpaired) electrons. The summed E-state index contributed by atoms with van der Waals surface area (Å²) in [7, 11) is 0. The normalized spacial score (nSPS) is 11.1. The van der Waals surface area contributed by atoms with E-state index >= 15 is 0 Å². The van der Waals surface area contributed by atoms with Crippen LogP contribution in [0, 0.1) is 0 Å². The molecule has 1 amide bonds. The van der Waals surface area contributed by atoms with Gasteiger partial charge >= 0.3 is 0 Å². The van der Waals surface area contributed by atoms with Crippen LogP contribution in [0.3, 0.4) is 0 Å². The number of nitrogens with one attached hydrogen (secondary N) is 1. The highest BCUT2D eigenvalue weighted by molar-refractivity contribution is 6.30. The number of hydrogen-bond donors (Lipinski definition) is 2. The summed E-state index contributed by atoms with van der Waals surface area (Å²) in [5.41, 5.74) is 2.57. The van der Waals surface area contributed by atoms with Crippen LogP contribution in [0.5, 0.6) is 5.88 Å². The molecule has 148 valence electrons. The third-order valence-electron chi connectivity index (χ3n) is 4.35. The quantitative estimate of drug-likeness (QED) is 0.390. The fraction of sp³-hybridized carbons (Fsp3) is 0. The summed E-state index contributed by atoms with van der Waals surface area (Å²) in [6.45, 7) is 0. The van der Waals surface area contributed by atoms with Crippen molar-refractivity contribution in [1.29, 1.82) is 0 Å². The van der Waals surface area contributed by atoms with Crippen LogP contribution in [-0.2, 0) is 0 Å². The van der Waals surface area contributed by atoms with Crippen molar-refractivity contribution in [3.05, 3.63) is 93.6 Å². The largest absolute Gasteiger partial charge is 0.494 e. The van der Waals surface area contributed by atoms with Crippen LogP contribution in [0.15, 0.2) is 77.0 Å².